The molecule has 2 aromatic rings. The summed E-state index contributed by atoms with van der Waals surface area (Å²) >= 11 is 0. The molecule has 0 amide bonds. The van der Waals surface area contributed by atoms with Gasteiger partial charge in [-0.1, -0.05) is 12.1 Å². The SMILES string of the molecule is Fc1ccc(Oc2[c]ccc(CN3CCOCC3)c2)cc1. The second-order valence-electron chi connectivity index (χ2n) is 5.01. The highest BCUT2D eigenvalue weighted by molar-refractivity contribution is 5.33. The minimum absolute atomic E-state index is 0.271. The van der Waals surface area contributed by atoms with Crippen molar-refractivity contribution < 1.29 is 13.9 Å². The first-order valence-electron chi connectivity index (χ1n) is 7.04. The lowest BCUT2D eigenvalue weighted by Crippen LogP contribution is -2.35. The van der Waals surface area contributed by atoms with Crippen LogP contribution in [0.2, 0.25) is 0 Å². The molecule has 1 saturated heterocycles. The average Bonchev–Trinajstić information content (AvgIpc) is 2.51. The molecule has 21 heavy (non-hydrogen) atoms. The van der Waals surface area contributed by atoms with Crippen LogP contribution in [0, 0.1) is 11.9 Å². The van der Waals surface area contributed by atoms with Crippen LogP contribution in [0.5, 0.6) is 11.5 Å². The maximum absolute atomic E-state index is 12.9. The third-order valence-corrected chi connectivity index (χ3v) is 3.39. The minimum Gasteiger partial charge on any atom is -0.457 e. The number of hydrogen-bond donors (Lipinski definition) is 0. The largest absolute Gasteiger partial charge is 0.457 e. The Labute approximate surface area is 123 Å². The van der Waals surface area contributed by atoms with E-state index in [0.717, 1.165) is 32.8 Å². The number of halogens is 1. The van der Waals surface area contributed by atoms with Crippen molar-refractivity contribution in [3.05, 3.63) is 59.9 Å². The molecular formula is C17H17FNO2. The zero-order valence-electron chi connectivity index (χ0n) is 11.7. The highest BCUT2D eigenvalue weighted by atomic mass is 19.1. The van der Waals surface area contributed by atoms with Crippen LogP contribution >= 0.6 is 0 Å². The van der Waals surface area contributed by atoms with E-state index >= 15 is 0 Å². The van der Waals surface area contributed by atoms with E-state index in [1.165, 1.54) is 17.7 Å². The molecule has 3 nitrogen and oxygen atoms in total. The molecule has 3 rings (SSSR count). The van der Waals surface area contributed by atoms with Crippen LogP contribution in [-0.2, 0) is 11.3 Å². The van der Waals surface area contributed by atoms with Crippen molar-refractivity contribution in [1.29, 1.82) is 0 Å². The summed E-state index contributed by atoms with van der Waals surface area (Å²) < 4.78 is 23.9. The molecule has 0 unspecified atom stereocenters. The second kappa shape index (κ2) is 6.70. The number of benzene rings is 2. The first-order chi connectivity index (χ1) is 10.3. The smallest absolute Gasteiger partial charge is 0.135 e. The topological polar surface area (TPSA) is 21.7 Å². The third-order valence-electron chi connectivity index (χ3n) is 3.39. The van der Waals surface area contributed by atoms with Gasteiger partial charge in [0.15, 0.2) is 0 Å². The Morgan fingerprint density at radius 1 is 1.14 bits per heavy atom. The zero-order valence-corrected chi connectivity index (χ0v) is 11.7. The third kappa shape index (κ3) is 4.03. The highest BCUT2D eigenvalue weighted by Crippen LogP contribution is 2.22. The van der Waals surface area contributed by atoms with Gasteiger partial charge in [0.2, 0.25) is 0 Å². The number of rotatable bonds is 4. The fraction of sp³-hybridized carbons (Fsp3) is 0.294. The van der Waals surface area contributed by atoms with E-state index in [-0.39, 0.29) is 5.82 Å². The van der Waals surface area contributed by atoms with Gasteiger partial charge >= 0.3 is 0 Å². The molecule has 0 aliphatic carbocycles. The van der Waals surface area contributed by atoms with Gasteiger partial charge in [-0.3, -0.25) is 4.90 Å². The molecule has 0 N–H and O–H groups in total. The maximum atomic E-state index is 12.9. The zero-order chi connectivity index (χ0) is 14.5. The molecule has 109 valence electrons. The average molecular weight is 286 g/mol. The lowest BCUT2D eigenvalue weighted by atomic mass is 10.2. The van der Waals surface area contributed by atoms with Crippen LogP contribution in [-0.4, -0.2) is 31.2 Å². The summed E-state index contributed by atoms with van der Waals surface area (Å²) in [7, 11) is 0. The van der Waals surface area contributed by atoms with Gasteiger partial charge in [-0.05, 0) is 35.9 Å². The van der Waals surface area contributed by atoms with Crippen LogP contribution in [0.1, 0.15) is 5.56 Å². The van der Waals surface area contributed by atoms with Crippen LogP contribution in [0.3, 0.4) is 0 Å². The summed E-state index contributed by atoms with van der Waals surface area (Å²) in [6, 6.07) is 14.9. The predicted octanol–water partition coefficient (Wildman–Crippen LogP) is 3.25. The summed E-state index contributed by atoms with van der Waals surface area (Å²) in [5.41, 5.74) is 1.17. The Kier molecular flexibility index (Phi) is 4.48. The molecule has 1 fully saturated rings. The Bertz CT molecular complexity index is 580. The lowest BCUT2D eigenvalue weighted by Gasteiger charge is -2.26. The van der Waals surface area contributed by atoms with Crippen LogP contribution < -0.4 is 4.74 Å². The van der Waals surface area contributed by atoms with Crippen LogP contribution in [0.15, 0.2) is 42.5 Å². The summed E-state index contributed by atoms with van der Waals surface area (Å²) in [6.07, 6.45) is 0. The van der Waals surface area contributed by atoms with Gasteiger partial charge < -0.3 is 9.47 Å². The van der Waals surface area contributed by atoms with Gasteiger partial charge in [0, 0.05) is 25.7 Å². The van der Waals surface area contributed by atoms with Crippen molar-refractivity contribution in [2.75, 3.05) is 26.3 Å². The molecule has 0 spiro atoms. The van der Waals surface area contributed by atoms with Gasteiger partial charge in [-0.15, -0.1) is 0 Å². The summed E-state index contributed by atoms with van der Waals surface area (Å²) in [5.74, 6) is 0.982. The molecule has 1 heterocycles. The molecular weight excluding hydrogens is 269 g/mol. The highest BCUT2D eigenvalue weighted by Gasteiger charge is 2.11. The minimum atomic E-state index is -0.271. The Morgan fingerprint density at radius 2 is 1.90 bits per heavy atom. The van der Waals surface area contributed by atoms with E-state index < -0.39 is 0 Å². The van der Waals surface area contributed by atoms with E-state index in [1.807, 2.05) is 18.2 Å². The van der Waals surface area contributed by atoms with E-state index in [2.05, 4.69) is 11.0 Å². The van der Waals surface area contributed by atoms with E-state index in [9.17, 15) is 4.39 Å². The monoisotopic (exact) mass is 286 g/mol. The van der Waals surface area contributed by atoms with Crippen molar-refractivity contribution >= 4 is 0 Å². The molecule has 1 radical (unpaired) electrons. The Hall–Kier alpha value is -1.91. The van der Waals surface area contributed by atoms with Gasteiger partial charge in [-0.25, -0.2) is 4.39 Å². The van der Waals surface area contributed by atoms with Gasteiger partial charge in [-0.2, -0.15) is 0 Å². The normalized spacial score (nSPS) is 15.9. The first kappa shape index (κ1) is 14.0. The fourth-order valence-electron chi connectivity index (χ4n) is 2.29. The molecule has 1 aliphatic heterocycles. The van der Waals surface area contributed by atoms with Crippen molar-refractivity contribution in [1.82, 2.24) is 4.90 Å². The first-order valence-corrected chi connectivity index (χ1v) is 7.04. The van der Waals surface area contributed by atoms with Crippen LogP contribution in [0.25, 0.3) is 0 Å². The van der Waals surface area contributed by atoms with Gasteiger partial charge in [0.25, 0.3) is 0 Å². The molecule has 2 aromatic carbocycles. The standard InChI is InChI=1S/C17H17FNO2/c18-15-4-6-16(7-5-15)21-17-3-1-2-14(12-17)13-19-8-10-20-11-9-19/h1-2,4-7,12H,8-11,13H2. The van der Waals surface area contributed by atoms with Crippen molar-refractivity contribution in [2.24, 2.45) is 0 Å². The Balaban J connectivity index is 1.66. The summed E-state index contributed by atoms with van der Waals surface area (Å²) in [5, 5.41) is 0. The van der Waals surface area contributed by atoms with E-state index in [1.54, 1.807) is 12.1 Å². The van der Waals surface area contributed by atoms with Gasteiger partial charge in [0.1, 0.15) is 17.3 Å². The van der Waals surface area contributed by atoms with Gasteiger partial charge in [0.05, 0.1) is 13.2 Å². The number of hydrogen-bond acceptors (Lipinski definition) is 3. The number of morpholine rings is 1. The molecule has 4 heteroatoms. The lowest BCUT2D eigenvalue weighted by molar-refractivity contribution is 0.0342. The Morgan fingerprint density at radius 3 is 2.67 bits per heavy atom. The second-order valence-corrected chi connectivity index (χ2v) is 5.01. The summed E-state index contributed by atoms with van der Waals surface area (Å²) in [4.78, 5) is 2.35. The summed E-state index contributed by atoms with van der Waals surface area (Å²) in [6.45, 7) is 4.35. The van der Waals surface area contributed by atoms with E-state index in [0.29, 0.717) is 11.5 Å². The van der Waals surface area contributed by atoms with Crippen molar-refractivity contribution in [3.63, 3.8) is 0 Å². The van der Waals surface area contributed by atoms with Crippen molar-refractivity contribution in [3.8, 4) is 11.5 Å². The molecule has 1 aliphatic rings. The van der Waals surface area contributed by atoms with Crippen molar-refractivity contribution in [2.45, 2.75) is 6.54 Å². The maximum Gasteiger partial charge on any atom is 0.135 e. The number of ether oxygens (including phenoxy) is 2. The quantitative estimate of drug-likeness (QED) is 0.861. The fourth-order valence-corrected chi connectivity index (χ4v) is 2.29. The van der Waals surface area contributed by atoms with Crippen LogP contribution in [0.4, 0.5) is 4.39 Å². The molecule has 0 saturated carbocycles. The number of nitrogens with zero attached hydrogens (tertiary/aromatic N) is 1. The molecule has 0 aromatic heterocycles. The van der Waals surface area contributed by atoms with E-state index in [4.69, 9.17) is 9.47 Å². The molecule has 0 atom stereocenters. The molecule has 0 bridgehead atoms. The predicted molar refractivity (Wildman–Crippen MR) is 77.8 cm³/mol.